The van der Waals surface area contributed by atoms with E-state index in [9.17, 15) is 4.79 Å². The van der Waals surface area contributed by atoms with E-state index in [1.807, 2.05) is 0 Å². The Kier molecular flexibility index (Phi) is 2.20. The first-order valence-electron chi connectivity index (χ1n) is 2.86. The molecule has 4 heteroatoms. The van der Waals surface area contributed by atoms with Gasteiger partial charge in [0.05, 0.1) is 0 Å². The SMILES string of the molecule is O=C(O)c1cc([As])ccc1O. The summed E-state index contributed by atoms with van der Waals surface area (Å²) in [4.78, 5) is 10.4. The van der Waals surface area contributed by atoms with Crippen LogP contribution in [0.1, 0.15) is 10.4 Å². The van der Waals surface area contributed by atoms with Crippen LogP contribution in [-0.4, -0.2) is 33.0 Å². The summed E-state index contributed by atoms with van der Waals surface area (Å²) in [6.45, 7) is 0. The van der Waals surface area contributed by atoms with Gasteiger partial charge in [0, 0.05) is 0 Å². The Balaban J connectivity index is 3.23. The van der Waals surface area contributed by atoms with Crippen molar-refractivity contribution in [1.29, 1.82) is 0 Å². The van der Waals surface area contributed by atoms with Gasteiger partial charge >= 0.3 is 71.7 Å². The number of hydrogen-bond acceptors (Lipinski definition) is 2. The van der Waals surface area contributed by atoms with Crippen LogP contribution in [0.3, 0.4) is 0 Å². The second-order valence-corrected chi connectivity index (χ2v) is 3.09. The van der Waals surface area contributed by atoms with Crippen LogP contribution in [0, 0.1) is 0 Å². The number of hydrogen-bond donors (Lipinski definition) is 2. The van der Waals surface area contributed by atoms with Gasteiger partial charge in [0.2, 0.25) is 0 Å². The minimum absolute atomic E-state index is 0.0666. The van der Waals surface area contributed by atoms with E-state index in [-0.39, 0.29) is 11.3 Å². The van der Waals surface area contributed by atoms with Crippen molar-refractivity contribution in [1.82, 2.24) is 0 Å². The van der Waals surface area contributed by atoms with Crippen molar-refractivity contribution >= 4 is 27.2 Å². The summed E-state index contributed by atoms with van der Waals surface area (Å²) in [6, 6.07) is 4.39. The molecule has 0 aliphatic rings. The van der Waals surface area contributed by atoms with E-state index in [2.05, 4.69) is 16.9 Å². The van der Waals surface area contributed by atoms with Gasteiger partial charge in [-0.05, 0) is 0 Å². The number of aromatic hydroxyl groups is 1. The minimum atomic E-state index is -1.12. The van der Waals surface area contributed by atoms with Gasteiger partial charge in [-0.25, -0.2) is 0 Å². The fourth-order valence-electron chi connectivity index (χ4n) is 0.695. The number of carboxylic acids is 1. The second-order valence-electron chi connectivity index (χ2n) is 2.01. The van der Waals surface area contributed by atoms with Gasteiger partial charge in [-0.1, -0.05) is 0 Å². The van der Waals surface area contributed by atoms with Crippen LogP contribution in [0.2, 0.25) is 0 Å². The number of benzene rings is 1. The second kappa shape index (κ2) is 2.97. The number of carboxylic acid groups (broad SMARTS) is 1. The molecule has 0 saturated carbocycles. The molecule has 1 aromatic carbocycles. The molecule has 11 heavy (non-hydrogen) atoms. The van der Waals surface area contributed by atoms with Crippen molar-refractivity contribution in [3.63, 3.8) is 0 Å². The summed E-state index contributed by atoms with van der Waals surface area (Å²) in [5.41, 5.74) is -0.0666. The number of carbonyl (C=O) groups is 1. The Bertz CT molecular complexity index is 296. The molecule has 0 fully saturated rings. The molecular weight excluding hydrogens is 207 g/mol. The van der Waals surface area contributed by atoms with Gasteiger partial charge in [0.15, 0.2) is 0 Å². The fraction of sp³-hybridized carbons (Fsp3) is 0. The quantitative estimate of drug-likeness (QED) is 0.638. The van der Waals surface area contributed by atoms with E-state index in [1.54, 1.807) is 6.07 Å². The van der Waals surface area contributed by atoms with Crippen LogP contribution >= 0.6 is 0 Å². The van der Waals surface area contributed by atoms with Crippen LogP contribution in [0.25, 0.3) is 0 Å². The Hall–Kier alpha value is -0.952. The van der Waals surface area contributed by atoms with E-state index < -0.39 is 5.97 Å². The predicted octanol–water partition coefficient (Wildman–Crippen LogP) is -0.116. The average Bonchev–Trinajstić information content (AvgIpc) is 1.94. The van der Waals surface area contributed by atoms with Crippen molar-refractivity contribution in [2.75, 3.05) is 0 Å². The number of rotatable bonds is 1. The van der Waals surface area contributed by atoms with Crippen LogP contribution in [0.5, 0.6) is 5.75 Å². The normalized spacial score (nSPS) is 9.55. The molecule has 0 aromatic heterocycles. The van der Waals surface area contributed by atoms with Gasteiger partial charge in [-0.15, -0.1) is 0 Å². The summed E-state index contributed by atoms with van der Waals surface area (Å²) in [7, 11) is 0. The molecule has 2 N–H and O–H groups in total. The van der Waals surface area contributed by atoms with Crippen LogP contribution in [0.4, 0.5) is 0 Å². The molecular formula is C7H5AsO3. The Morgan fingerprint density at radius 2 is 2.09 bits per heavy atom. The predicted molar refractivity (Wildman–Crippen MR) is 40.5 cm³/mol. The Labute approximate surface area is 72.2 Å². The molecule has 0 atom stereocenters. The molecule has 3 nitrogen and oxygen atoms in total. The molecule has 0 amide bonds. The van der Waals surface area contributed by atoms with Crippen LogP contribution in [-0.2, 0) is 0 Å². The summed E-state index contributed by atoms with van der Waals surface area (Å²) in [5.74, 6) is -1.32. The van der Waals surface area contributed by atoms with Gasteiger partial charge < -0.3 is 0 Å². The van der Waals surface area contributed by atoms with Crippen molar-refractivity contribution < 1.29 is 15.0 Å². The summed E-state index contributed by atoms with van der Waals surface area (Å²) in [6.07, 6.45) is 0. The molecule has 0 saturated heterocycles. The van der Waals surface area contributed by atoms with Crippen LogP contribution in [0.15, 0.2) is 18.2 Å². The van der Waals surface area contributed by atoms with Crippen molar-refractivity contribution in [2.45, 2.75) is 0 Å². The van der Waals surface area contributed by atoms with E-state index in [4.69, 9.17) is 10.2 Å². The molecule has 0 unspecified atom stereocenters. The third-order valence-corrected chi connectivity index (χ3v) is 1.79. The average molecular weight is 212 g/mol. The number of phenols is 1. The maximum atomic E-state index is 10.4. The zero-order valence-corrected chi connectivity index (χ0v) is 7.36. The molecule has 1 rings (SSSR count). The van der Waals surface area contributed by atoms with E-state index in [0.717, 1.165) is 4.35 Å². The van der Waals surface area contributed by atoms with E-state index >= 15 is 0 Å². The third-order valence-electron chi connectivity index (χ3n) is 1.21. The van der Waals surface area contributed by atoms with Crippen LogP contribution < -0.4 is 4.35 Å². The first kappa shape index (κ1) is 8.15. The first-order valence-corrected chi connectivity index (χ1v) is 3.80. The van der Waals surface area contributed by atoms with Gasteiger partial charge in [-0.3, -0.25) is 0 Å². The third kappa shape index (κ3) is 1.75. The van der Waals surface area contributed by atoms with E-state index in [0.29, 0.717) is 0 Å². The molecule has 0 spiro atoms. The van der Waals surface area contributed by atoms with Crippen molar-refractivity contribution in [3.05, 3.63) is 23.8 Å². The zero-order chi connectivity index (χ0) is 8.43. The molecule has 0 heterocycles. The molecule has 2 radical (unpaired) electrons. The zero-order valence-electron chi connectivity index (χ0n) is 5.48. The summed E-state index contributed by atoms with van der Waals surface area (Å²) < 4.78 is 0.757. The number of aromatic carboxylic acids is 1. The van der Waals surface area contributed by atoms with Gasteiger partial charge in [0.1, 0.15) is 0 Å². The van der Waals surface area contributed by atoms with Crippen molar-refractivity contribution in [2.24, 2.45) is 0 Å². The molecule has 0 aliphatic heterocycles. The Morgan fingerprint density at radius 3 is 2.55 bits per heavy atom. The van der Waals surface area contributed by atoms with E-state index in [1.165, 1.54) is 12.1 Å². The maximum absolute atomic E-state index is 10.4. The molecule has 0 aliphatic carbocycles. The monoisotopic (exact) mass is 212 g/mol. The summed E-state index contributed by atoms with van der Waals surface area (Å²) in [5, 5.41) is 17.5. The topological polar surface area (TPSA) is 57.5 Å². The van der Waals surface area contributed by atoms with Gasteiger partial charge in [0.25, 0.3) is 0 Å². The first-order chi connectivity index (χ1) is 5.11. The molecule has 56 valence electrons. The van der Waals surface area contributed by atoms with Crippen molar-refractivity contribution in [3.8, 4) is 5.75 Å². The fourth-order valence-corrected chi connectivity index (χ4v) is 1.12. The molecule has 0 bridgehead atoms. The standard InChI is InChI=1S/C7H5AsO3/c8-4-1-2-6(9)5(3-4)7(10)11/h1-3,9H,(H,10,11). The molecule has 1 aromatic rings. The Morgan fingerprint density at radius 1 is 1.45 bits per heavy atom. The van der Waals surface area contributed by atoms with Gasteiger partial charge in [-0.2, -0.15) is 0 Å². The summed E-state index contributed by atoms with van der Waals surface area (Å²) >= 11 is 2.21.